The predicted molar refractivity (Wildman–Crippen MR) is 122 cm³/mol. The highest BCUT2D eigenvalue weighted by Gasteiger charge is 2.24. The van der Waals surface area contributed by atoms with Crippen LogP contribution < -0.4 is 5.32 Å². The molecule has 2 atom stereocenters. The molecule has 0 spiro atoms. The van der Waals surface area contributed by atoms with Gasteiger partial charge in [-0.25, -0.2) is 8.78 Å². The average molecular weight is 434 g/mol. The van der Waals surface area contributed by atoms with Crippen LogP contribution in [-0.2, 0) is 6.54 Å². The Bertz CT molecular complexity index is 1200. The van der Waals surface area contributed by atoms with Crippen LogP contribution in [0.5, 0.6) is 0 Å². The van der Waals surface area contributed by atoms with Crippen molar-refractivity contribution in [1.82, 2.24) is 15.2 Å². The van der Waals surface area contributed by atoms with Crippen molar-refractivity contribution in [3.8, 4) is 0 Å². The number of fused-ring (bicyclic) bond motifs is 1. The smallest absolute Gasteiger partial charge is 0.272 e. The van der Waals surface area contributed by atoms with Crippen LogP contribution >= 0.6 is 0 Å². The number of aromatic amines is 1. The van der Waals surface area contributed by atoms with Crippen molar-refractivity contribution in [2.24, 2.45) is 0 Å². The van der Waals surface area contributed by atoms with E-state index in [1.807, 2.05) is 12.1 Å². The number of likely N-dealkylation sites (tertiary alicyclic amines) is 1. The fourth-order valence-corrected chi connectivity index (χ4v) is 4.61. The van der Waals surface area contributed by atoms with Gasteiger partial charge in [-0.3, -0.25) is 9.69 Å². The lowest BCUT2D eigenvalue weighted by Gasteiger charge is -2.16. The molecular formula is C26H25F2N3O. The molecule has 6 heteroatoms. The van der Waals surface area contributed by atoms with Gasteiger partial charge in [-0.2, -0.15) is 0 Å². The highest BCUT2D eigenvalue weighted by molar-refractivity contribution is 5.99. The number of aromatic nitrogens is 1. The Hall–Kier alpha value is -3.25. The number of hydrogen-bond acceptors (Lipinski definition) is 2. The number of H-pyrrole nitrogens is 1. The molecule has 2 N–H and O–H groups in total. The van der Waals surface area contributed by atoms with E-state index in [2.05, 4.69) is 51.6 Å². The Morgan fingerprint density at radius 2 is 2.00 bits per heavy atom. The number of rotatable bonds is 5. The summed E-state index contributed by atoms with van der Waals surface area (Å²) in [7, 11) is 0. The number of allylic oxidation sites excluding steroid dienone is 3. The normalized spacial score (nSPS) is 21.4. The number of halogens is 2. The molecule has 4 nitrogen and oxygen atoms in total. The number of carbonyl (C=O) groups is 1. The molecule has 0 saturated carbocycles. The first-order chi connectivity index (χ1) is 15.5. The summed E-state index contributed by atoms with van der Waals surface area (Å²) >= 11 is 0. The van der Waals surface area contributed by atoms with Crippen LogP contribution in [0.15, 0.2) is 78.3 Å². The van der Waals surface area contributed by atoms with E-state index in [1.165, 1.54) is 17.2 Å². The van der Waals surface area contributed by atoms with Gasteiger partial charge in [0.25, 0.3) is 5.91 Å². The highest BCUT2D eigenvalue weighted by atomic mass is 19.1. The SMILES string of the molecule is O=C(NC1=CC(F)CC(F)=C1)c1cc2cc(C3CCN(Cc4ccccc4)C3)ccc2[nH]1. The molecule has 1 saturated heterocycles. The van der Waals surface area contributed by atoms with E-state index in [4.69, 9.17) is 0 Å². The lowest BCUT2D eigenvalue weighted by molar-refractivity contribution is 0.0962. The van der Waals surface area contributed by atoms with E-state index in [9.17, 15) is 13.6 Å². The van der Waals surface area contributed by atoms with E-state index < -0.39 is 17.9 Å². The lowest BCUT2D eigenvalue weighted by Crippen LogP contribution is -2.24. The molecule has 2 unspecified atom stereocenters. The zero-order chi connectivity index (χ0) is 22.1. The minimum atomic E-state index is -1.42. The molecule has 1 amide bonds. The monoisotopic (exact) mass is 433 g/mol. The second-order valence-corrected chi connectivity index (χ2v) is 8.62. The molecule has 1 aliphatic heterocycles. The highest BCUT2D eigenvalue weighted by Crippen LogP contribution is 2.30. The number of alkyl halides is 1. The molecule has 2 aliphatic rings. The van der Waals surface area contributed by atoms with Gasteiger partial charge in [0.05, 0.1) is 0 Å². The zero-order valence-electron chi connectivity index (χ0n) is 17.7. The average Bonchev–Trinajstić information content (AvgIpc) is 3.40. The molecule has 5 rings (SSSR count). The third-order valence-electron chi connectivity index (χ3n) is 6.20. The molecule has 1 aromatic heterocycles. The Kier molecular flexibility index (Phi) is 5.62. The Balaban J connectivity index is 1.28. The van der Waals surface area contributed by atoms with Gasteiger partial charge in [0.15, 0.2) is 0 Å². The maximum atomic E-state index is 13.5. The molecule has 1 fully saturated rings. The number of benzene rings is 2. The van der Waals surface area contributed by atoms with Crippen molar-refractivity contribution in [2.45, 2.75) is 31.5 Å². The molecular weight excluding hydrogens is 408 g/mol. The Morgan fingerprint density at radius 3 is 2.81 bits per heavy atom. The minimum Gasteiger partial charge on any atom is -0.351 e. The number of hydrogen-bond donors (Lipinski definition) is 2. The minimum absolute atomic E-state index is 0.148. The van der Waals surface area contributed by atoms with Crippen molar-refractivity contribution >= 4 is 16.8 Å². The van der Waals surface area contributed by atoms with Crippen LogP contribution in [0, 0.1) is 0 Å². The number of carbonyl (C=O) groups excluding carboxylic acids is 1. The summed E-state index contributed by atoms with van der Waals surface area (Å²) in [5, 5.41) is 3.54. The van der Waals surface area contributed by atoms with E-state index in [0.29, 0.717) is 11.6 Å². The van der Waals surface area contributed by atoms with E-state index in [1.54, 1.807) is 6.07 Å². The van der Waals surface area contributed by atoms with Gasteiger partial charge in [0, 0.05) is 36.1 Å². The third-order valence-corrected chi connectivity index (χ3v) is 6.20. The third kappa shape index (κ3) is 4.50. The standard InChI is InChI=1S/C26H25F2N3O/c27-21-12-22(28)14-23(13-21)29-26(32)25-11-20-10-18(6-7-24(20)30-25)19-8-9-31(16-19)15-17-4-2-1-3-5-17/h1-7,10-11,13-14,19,21,30H,8-9,12,15-16H2,(H,29,32). The Labute approximate surface area is 185 Å². The van der Waals surface area contributed by atoms with Gasteiger partial charge in [0.1, 0.15) is 17.7 Å². The van der Waals surface area contributed by atoms with Gasteiger partial charge < -0.3 is 10.3 Å². The predicted octanol–water partition coefficient (Wildman–Crippen LogP) is 5.37. The molecule has 2 aromatic carbocycles. The molecule has 3 aromatic rings. The van der Waals surface area contributed by atoms with Crippen molar-refractivity contribution in [1.29, 1.82) is 0 Å². The molecule has 0 bridgehead atoms. The van der Waals surface area contributed by atoms with Crippen LogP contribution in [0.1, 0.15) is 40.4 Å². The number of nitrogens with zero attached hydrogens (tertiary/aromatic N) is 1. The summed E-state index contributed by atoms with van der Waals surface area (Å²) in [6.45, 7) is 3.03. The second kappa shape index (κ2) is 8.71. The van der Waals surface area contributed by atoms with Crippen LogP contribution in [0.2, 0.25) is 0 Å². The van der Waals surface area contributed by atoms with Gasteiger partial charge in [-0.05, 0) is 60.4 Å². The van der Waals surface area contributed by atoms with Crippen molar-refractivity contribution in [2.75, 3.05) is 13.1 Å². The molecule has 2 heterocycles. The van der Waals surface area contributed by atoms with E-state index in [-0.39, 0.29) is 12.1 Å². The van der Waals surface area contributed by atoms with Crippen LogP contribution in [-0.4, -0.2) is 35.1 Å². The summed E-state index contributed by atoms with van der Waals surface area (Å²) in [5.74, 6) is -0.534. The first-order valence-electron chi connectivity index (χ1n) is 11.0. The van der Waals surface area contributed by atoms with Crippen LogP contribution in [0.4, 0.5) is 8.78 Å². The van der Waals surface area contributed by atoms with E-state index in [0.717, 1.165) is 43.0 Å². The zero-order valence-corrected chi connectivity index (χ0v) is 17.7. The van der Waals surface area contributed by atoms with Gasteiger partial charge in [-0.1, -0.05) is 36.4 Å². The summed E-state index contributed by atoms with van der Waals surface area (Å²) in [4.78, 5) is 18.2. The topological polar surface area (TPSA) is 48.1 Å². The second-order valence-electron chi connectivity index (χ2n) is 8.62. The fourth-order valence-electron chi connectivity index (χ4n) is 4.61. The molecule has 32 heavy (non-hydrogen) atoms. The molecule has 1 aliphatic carbocycles. The van der Waals surface area contributed by atoms with Crippen molar-refractivity contribution in [3.63, 3.8) is 0 Å². The summed E-state index contributed by atoms with van der Waals surface area (Å²) < 4.78 is 27.0. The summed E-state index contributed by atoms with van der Waals surface area (Å²) in [6.07, 6.45) is 1.79. The maximum absolute atomic E-state index is 13.5. The first kappa shape index (κ1) is 20.6. The van der Waals surface area contributed by atoms with Crippen LogP contribution in [0.3, 0.4) is 0 Å². The van der Waals surface area contributed by atoms with Crippen LogP contribution in [0.25, 0.3) is 10.9 Å². The maximum Gasteiger partial charge on any atom is 0.272 e. The number of nitrogens with one attached hydrogen (secondary N) is 2. The molecule has 0 radical (unpaired) electrons. The largest absolute Gasteiger partial charge is 0.351 e. The first-order valence-corrected chi connectivity index (χ1v) is 11.0. The summed E-state index contributed by atoms with van der Waals surface area (Å²) in [6, 6.07) is 18.5. The van der Waals surface area contributed by atoms with E-state index >= 15 is 0 Å². The number of amides is 1. The molecule has 164 valence electrons. The Morgan fingerprint density at radius 1 is 1.16 bits per heavy atom. The van der Waals surface area contributed by atoms with Crippen molar-refractivity contribution in [3.05, 3.63) is 95.1 Å². The summed E-state index contributed by atoms with van der Waals surface area (Å²) in [5.41, 5.74) is 3.96. The quantitative estimate of drug-likeness (QED) is 0.569. The van der Waals surface area contributed by atoms with Gasteiger partial charge in [-0.15, -0.1) is 0 Å². The van der Waals surface area contributed by atoms with Gasteiger partial charge in [0.2, 0.25) is 0 Å². The fraction of sp³-hybridized carbons (Fsp3) is 0.269. The lowest BCUT2D eigenvalue weighted by atomic mass is 9.97. The van der Waals surface area contributed by atoms with Crippen molar-refractivity contribution < 1.29 is 13.6 Å². The van der Waals surface area contributed by atoms with Gasteiger partial charge >= 0.3 is 0 Å².